The van der Waals surface area contributed by atoms with Gasteiger partial charge >= 0.3 is 5.97 Å². The molecule has 0 aliphatic heterocycles. The maximum atomic E-state index is 11.0. The van der Waals surface area contributed by atoms with Gasteiger partial charge in [-0.3, -0.25) is 0 Å². The highest BCUT2D eigenvalue weighted by molar-refractivity contribution is 6.01. The number of hydrogen-bond acceptors (Lipinski definition) is 4. The Kier molecular flexibility index (Phi) is 6.62. The van der Waals surface area contributed by atoms with E-state index in [0.29, 0.717) is 6.04 Å². The molecule has 4 nitrogen and oxygen atoms in total. The Morgan fingerprint density at radius 2 is 1.95 bits per heavy atom. The first kappa shape index (κ1) is 17.2. The second-order valence-electron chi connectivity index (χ2n) is 6.49. The lowest BCUT2D eigenvalue weighted by Gasteiger charge is -2.37. The minimum absolute atomic E-state index is 0.328. The molecule has 0 saturated carbocycles. The summed E-state index contributed by atoms with van der Waals surface area (Å²) in [5.41, 5.74) is 3.97. The molecule has 0 radical (unpaired) electrons. The molecule has 0 heterocycles. The zero-order chi connectivity index (χ0) is 15.9. The van der Waals surface area contributed by atoms with Crippen molar-refractivity contribution in [3.63, 3.8) is 0 Å². The van der Waals surface area contributed by atoms with Gasteiger partial charge in [0, 0.05) is 13.0 Å². The van der Waals surface area contributed by atoms with Crippen molar-refractivity contribution in [2.75, 3.05) is 13.1 Å². The SMILES string of the molecule is CCCN(CCC)[C@H]1CCC2=C(CCC/C2=N\OC(C)=O)C1. The average Bonchev–Trinajstić information content (AvgIpc) is 2.52. The summed E-state index contributed by atoms with van der Waals surface area (Å²) in [5.74, 6) is -0.328. The van der Waals surface area contributed by atoms with Crippen LogP contribution in [0, 0.1) is 0 Å². The summed E-state index contributed by atoms with van der Waals surface area (Å²) in [6, 6.07) is 0.687. The normalized spacial score (nSPS) is 23.8. The summed E-state index contributed by atoms with van der Waals surface area (Å²) in [5, 5.41) is 4.11. The lowest BCUT2D eigenvalue weighted by atomic mass is 9.78. The third-order valence-electron chi connectivity index (χ3n) is 4.70. The van der Waals surface area contributed by atoms with E-state index in [1.54, 1.807) is 5.57 Å². The zero-order valence-electron chi connectivity index (χ0n) is 14.4. The van der Waals surface area contributed by atoms with Crippen molar-refractivity contribution in [3.8, 4) is 0 Å². The van der Waals surface area contributed by atoms with E-state index in [9.17, 15) is 4.79 Å². The van der Waals surface area contributed by atoms with E-state index in [0.717, 1.165) is 25.0 Å². The minimum Gasteiger partial charge on any atom is -0.318 e. The van der Waals surface area contributed by atoms with Crippen molar-refractivity contribution < 1.29 is 9.63 Å². The molecule has 0 spiro atoms. The van der Waals surface area contributed by atoms with Crippen LogP contribution in [0.15, 0.2) is 16.3 Å². The van der Waals surface area contributed by atoms with Crippen molar-refractivity contribution in [1.82, 2.24) is 4.90 Å². The lowest BCUT2D eigenvalue weighted by molar-refractivity contribution is -0.140. The van der Waals surface area contributed by atoms with Crippen LogP contribution in [0.2, 0.25) is 0 Å². The van der Waals surface area contributed by atoms with Crippen molar-refractivity contribution in [2.45, 2.75) is 78.2 Å². The number of carbonyl (C=O) groups is 1. The molecule has 2 aliphatic rings. The van der Waals surface area contributed by atoms with E-state index in [-0.39, 0.29) is 5.97 Å². The van der Waals surface area contributed by atoms with Crippen LogP contribution in [0.1, 0.15) is 72.1 Å². The van der Waals surface area contributed by atoms with Crippen molar-refractivity contribution in [3.05, 3.63) is 11.1 Å². The predicted molar refractivity (Wildman–Crippen MR) is 89.9 cm³/mol. The summed E-state index contributed by atoms with van der Waals surface area (Å²) >= 11 is 0. The predicted octanol–water partition coefficient (Wildman–Crippen LogP) is 4.06. The van der Waals surface area contributed by atoms with Crippen molar-refractivity contribution >= 4 is 11.7 Å². The fourth-order valence-electron chi connectivity index (χ4n) is 3.80. The van der Waals surface area contributed by atoms with Crippen LogP contribution in [0.4, 0.5) is 0 Å². The van der Waals surface area contributed by atoms with Gasteiger partial charge in [0.15, 0.2) is 0 Å². The molecule has 0 N–H and O–H groups in total. The van der Waals surface area contributed by atoms with Gasteiger partial charge in [0.1, 0.15) is 0 Å². The Labute approximate surface area is 134 Å². The maximum Gasteiger partial charge on any atom is 0.331 e. The fourth-order valence-corrected chi connectivity index (χ4v) is 3.80. The minimum atomic E-state index is -0.328. The molecule has 0 unspecified atom stereocenters. The van der Waals surface area contributed by atoms with Gasteiger partial charge in [0.25, 0.3) is 0 Å². The largest absolute Gasteiger partial charge is 0.331 e. The molecule has 22 heavy (non-hydrogen) atoms. The van der Waals surface area contributed by atoms with Gasteiger partial charge < -0.3 is 9.74 Å². The smallest absolute Gasteiger partial charge is 0.318 e. The Balaban J connectivity index is 2.09. The summed E-state index contributed by atoms with van der Waals surface area (Å²) < 4.78 is 0. The van der Waals surface area contributed by atoms with Gasteiger partial charge in [-0.15, -0.1) is 0 Å². The summed E-state index contributed by atoms with van der Waals surface area (Å²) in [6.07, 6.45) is 9.19. The molecule has 0 fully saturated rings. The number of carbonyl (C=O) groups excluding carboxylic acids is 1. The molecular weight excluding hydrogens is 276 g/mol. The number of hydrogen-bond donors (Lipinski definition) is 0. The highest BCUT2D eigenvalue weighted by atomic mass is 16.7. The van der Waals surface area contributed by atoms with E-state index < -0.39 is 0 Å². The standard InChI is InChI=1S/C18H30N2O2/c1-4-11-20(12-5-2)16-9-10-17-15(13-16)7-6-8-18(17)19-22-14(3)21/h16H,4-13H2,1-3H3/b19-18+/t16-/m0/s1. The maximum absolute atomic E-state index is 11.0. The summed E-state index contributed by atoms with van der Waals surface area (Å²) in [4.78, 5) is 18.5. The average molecular weight is 306 g/mol. The molecule has 0 aromatic rings. The molecule has 2 rings (SSSR count). The first-order valence-corrected chi connectivity index (χ1v) is 8.85. The molecule has 0 bridgehead atoms. The first-order valence-electron chi connectivity index (χ1n) is 8.85. The van der Waals surface area contributed by atoms with Crippen LogP contribution in [-0.4, -0.2) is 35.7 Å². The second-order valence-corrected chi connectivity index (χ2v) is 6.49. The van der Waals surface area contributed by atoms with Gasteiger partial charge in [-0.25, -0.2) is 4.79 Å². The molecule has 0 amide bonds. The molecule has 0 aromatic heterocycles. The van der Waals surface area contributed by atoms with Crippen molar-refractivity contribution in [2.24, 2.45) is 5.16 Å². The van der Waals surface area contributed by atoms with Gasteiger partial charge in [0.05, 0.1) is 5.71 Å². The van der Waals surface area contributed by atoms with Gasteiger partial charge in [-0.05, 0) is 70.0 Å². The number of rotatable bonds is 6. The molecule has 2 aliphatic carbocycles. The molecule has 1 atom stereocenters. The third-order valence-corrected chi connectivity index (χ3v) is 4.70. The summed E-state index contributed by atoms with van der Waals surface area (Å²) in [7, 11) is 0. The highest BCUT2D eigenvalue weighted by Crippen LogP contribution is 2.36. The molecule has 0 aromatic carbocycles. The molecule has 0 saturated heterocycles. The Morgan fingerprint density at radius 3 is 2.59 bits per heavy atom. The van der Waals surface area contributed by atoms with Crippen LogP contribution in [0.25, 0.3) is 0 Å². The third kappa shape index (κ3) is 4.42. The van der Waals surface area contributed by atoms with Crippen LogP contribution >= 0.6 is 0 Å². The molecule has 124 valence electrons. The van der Waals surface area contributed by atoms with E-state index in [4.69, 9.17) is 4.84 Å². The van der Waals surface area contributed by atoms with E-state index in [1.807, 2.05) is 0 Å². The van der Waals surface area contributed by atoms with Gasteiger partial charge in [-0.2, -0.15) is 0 Å². The monoisotopic (exact) mass is 306 g/mol. The van der Waals surface area contributed by atoms with Crippen LogP contribution in [0.5, 0.6) is 0 Å². The van der Waals surface area contributed by atoms with Gasteiger partial charge in [0.2, 0.25) is 0 Å². The molecular formula is C18H30N2O2. The lowest BCUT2D eigenvalue weighted by Crippen LogP contribution is -2.39. The second kappa shape index (κ2) is 8.47. The Hall–Kier alpha value is -1.16. The quantitative estimate of drug-likeness (QED) is 0.549. The van der Waals surface area contributed by atoms with E-state index in [2.05, 4.69) is 23.9 Å². The topological polar surface area (TPSA) is 41.9 Å². The zero-order valence-corrected chi connectivity index (χ0v) is 14.4. The number of nitrogens with zero attached hydrogens (tertiary/aromatic N) is 2. The van der Waals surface area contributed by atoms with Crippen molar-refractivity contribution in [1.29, 1.82) is 0 Å². The van der Waals surface area contributed by atoms with Gasteiger partial charge in [-0.1, -0.05) is 24.6 Å². The summed E-state index contributed by atoms with van der Waals surface area (Å²) in [6.45, 7) is 8.35. The van der Waals surface area contributed by atoms with Crippen LogP contribution in [-0.2, 0) is 9.63 Å². The highest BCUT2D eigenvalue weighted by Gasteiger charge is 2.29. The van der Waals surface area contributed by atoms with E-state index >= 15 is 0 Å². The molecule has 4 heteroatoms. The number of oxime groups is 1. The Bertz CT molecular complexity index is 448. The number of allylic oxidation sites excluding steroid dienone is 1. The van der Waals surface area contributed by atoms with Crippen LogP contribution < -0.4 is 0 Å². The van der Waals surface area contributed by atoms with E-state index in [1.165, 1.54) is 57.7 Å². The fraction of sp³-hybridized carbons (Fsp3) is 0.778. The Morgan fingerprint density at radius 1 is 1.23 bits per heavy atom. The first-order chi connectivity index (χ1) is 10.7. The van der Waals surface area contributed by atoms with Crippen LogP contribution in [0.3, 0.4) is 0 Å².